The molecule has 104 valence electrons. The molecule has 6 heteroatoms. The van der Waals surface area contributed by atoms with Crippen LogP contribution in [-0.4, -0.2) is 44.8 Å². The first-order valence-electron chi connectivity index (χ1n) is 6.14. The number of nitrogens with one attached hydrogen (secondary N) is 2. The van der Waals surface area contributed by atoms with Gasteiger partial charge in [0.2, 0.25) is 10.0 Å². The molecular weight excluding hydrogens is 256 g/mol. The summed E-state index contributed by atoms with van der Waals surface area (Å²) in [6.07, 6.45) is 3.92. The van der Waals surface area contributed by atoms with Gasteiger partial charge in [-0.3, -0.25) is 0 Å². The molecule has 2 unspecified atom stereocenters. The van der Waals surface area contributed by atoms with E-state index in [4.69, 9.17) is 0 Å². The van der Waals surface area contributed by atoms with Gasteiger partial charge in [0.1, 0.15) is 0 Å². The normalized spacial score (nSPS) is 15.8. The molecule has 0 radical (unpaired) electrons. The molecule has 0 aliphatic heterocycles. The highest BCUT2D eigenvalue weighted by Crippen LogP contribution is 2.04. The highest BCUT2D eigenvalue weighted by Gasteiger charge is 2.21. The Morgan fingerprint density at radius 3 is 2.47 bits per heavy atom. The third-order valence-electron chi connectivity index (χ3n) is 2.51. The zero-order valence-corrected chi connectivity index (χ0v) is 13.0. The van der Waals surface area contributed by atoms with E-state index in [1.54, 1.807) is 18.7 Å². The summed E-state index contributed by atoms with van der Waals surface area (Å²) in [5.41, 5.74) is 0. The fourth-order valence-corrected chi connectivity index (χ4v) is 3.18. The van der Waals surface area contributed by atoms with Crippen molar-refractivity contribution in [2.24, 2.45) is 0 Å². The number of hydrogen-bond donors (Lipinski definition) is 2. The van der Waals surface area contributed by atoms with Crippen molar-refractivity contribution in [2.45, 2.75) is 44.9 Å². The van der Waals surface area contributed by atoms with Gasteiger partial charge in [-0.2, -0.15) is 11.8 Å². The summed E-state index contributed by atoms with van der Waals surface area (Å²) >= 11 is 1.73. The molecular formula is C11H26N2O2S2. The van der Waals surface area contributed by atoms with E-state index in [9.17, 15) is 8.42 Å². The van der Waals surface area contributed by atoms with Crippen LogP contribution < -0.4 is 10.0 Å². The first-order valence-corrected chi connectivity index (χ1v) is 9.08. The fraction of sp³-hybridized carbons (Fsp3) is 1.00. The Bertz CT molecular complexity index is 281. The minimum absolute atomic E-state index is 0.0149. The van der Waals surface area contributed by atoms with Crippen LogP contribution in [0.5, 0.6) is 0 Å². The molecule has 0 saturated carbocycles. The zero-order valence-electron chi connectivity index (χ0n) is 11.3. The van der Waals surface area contributed by atoms with E-state index in [0.717, 1.165) is 25.1 Å². The van der Waals surface area contributed by atoms with E-state index in [1.807, 2.05) is 13.2 Å². The molecule has 0 spiro atoms. The van der Waals surface area contributed by atoms with E-state index < -0.39 is 10.0 Å². The number of rotatable bonds is 10. The highest BCUT2D eigenvalue weighted by molar-refractivity contribution is 7.98. The summed E-state index contributed by atoms with van der Waals surface area (Å²) < 4.78 is 26.6. The lowest BCUT2D eigenvalue weighted by Crippen LogP contribution is -2.42. The minimum atomic E-state index is -3.19. The number of sulfonamides is 1. The second-order valence-electron chi connectivity index (χ2n) is 4.36. The molecule has 17 heavy (non-hydrogen) atoms. The molecule has 2 atom stereocenters. The summed E-state index contributed by atoms with van der Waals surface area (Å²) in [4.78, 5) is 0. The third kappa shape index (κ3) is 8.02. The lowest BCUT2D eigenvalue weighted by atomic mass is 10.3. The average Bonchev–Trinajstić information content (AvgIpc) is 2.26. The van der Waals surface area contributed by atoms with Gasteiger partial charge in [-0.15, -0.1) is 0 Å². The molecule has 0 saturated heterocycles. The van der Waals surface area contributed by atoms with Gasteiger partial charge in [0.25, 0.3) is 0 Å². The SMILES string of the molecule is CCCNCC(C)S(=O)(=O)NC(C)CCSC. The van der Waals surface area contributed by atoms with E-state index >= 15 is 0 Å². The van der Waals surface area contributed by atoms with Crippen LogP contribution in [0.1, 0.15) is 33.6 Å². The van der Waals surface area contributed by atoms with Crippen LogP contribution in [-0.2, 0) is 10.0 Å². The van der Waals surface area contributed by atoms with Crippen molar-refractivity contribution in [1.29, 1.82) is 0 Å². The summed E-state index contributed by atoms with van der Waals surface area (Å²) in [5, 5.41) is 2.75. The topological polar surface area (TPSA) is 58.2 Å². The molecule has 0 amide bonds. The molecule has 0 rings (SSSR count). The van der Waals surface area contributed by atoms with Crippen LogP contribution in [0.4, 0.5) is 0 Å². The van der Waals surface area contributed by atoms with Gasteiger partial charge >= 0.3 is 0 Å². The Balaban J connectivity index is 4.07. The predicted octanol–water partition coefficient (Wildman–Crippen LogP) is 1.44. The van der Waals surface area contributed by atoms with Crippen LogP contribution in [0.15, 0.2) is 0 Å². The molecule has 2 N–H and O–H groups in total. The maximum Gasteiger partial charge on any atom is 0.215 e. The van der Waals surface area contributed by atoms with Crippen molar-refractivity contribution in [1.82, 2.24) is 10.0 Å². The van der Waals surface area contributed by atoms with Crippen LogP contribution >= 0.6 is 11.8 Å². The van der Waals surface area contributed by atoms with Crippen molar-refractivity contribution in [2.75, 3.05) is 25.1 Å². The Morgan fingerprint density at radius 1 is 1.29 bits per heavy atom. The van der Waals surface area contributed by atoms with Crippen molar-refractivity contribution >= 4 is 21.8 Å². The molecule has 0 aliphatic carbocycles. The Hall–Kier alpha value is 0.220. The van der Waals surface area contributed by atoms with E-state index in [-0.39, 0.29) is 11.3 Å². The van der Waals surface area contributed by atoms with E-state index in [1.165, 1.54) is 0 Å². The second-order valence-corrected chi connectivity index (χ2v) is 7.48. The van der Waals surface area contributed by atoms with Crippen molar-refractivity contribution in [3.8, 4) is 0 Å². The van der Waals surface area contributed by atoms with Gasteiger partial charge in [-0.1, -0.05) is 6.92 Å². The Morgan fingerprint density at radius 2 is 1.94 bits per heavy atom. The van der Waals surface area contributed by atoms with Crippen LogP contribution in [0.25, 0.3) is 0 Å². The van der Waals surface area contributed by atoms with E-state index in [0.29, 0.717) is 6.54 Å². The maximum atomic E-state index is 11.9. The average molecular weight is 282 g/mol. The summed E-state index contributed by atoms with van der Waals surface area (Å²) in [5.74, 6) is 0.978. The van der Waals surface area contributed by atoms with Crippen LogP contribution in [0, 0.1) is 0 Å². The van der Waals surface area contributed by atoms with Gasteiger partial charge in [0.15, 0.2) is 0 Å². The van der Waals surface area contributed by atoms with Gasteiger partial charge in [0.05, 0.1) is 5.25 Å². The minimum Gasteiger partial charge on any atom is -0.315 e. The van der Waals surface area contributed by atoms with Crippen molar-refractivity contribution < 1.29 is 8.42 Å². The summed E-state index contributed by atoms with van der Waals surface area (Å²) in [6.45, 7) is 7.10. The number of thioether (sulfide) groups is 1. The lowest BCUT2D eigenvalue weighted by molar-refractivity contribution is 0.537. The maximum absolute atomic E-state index is 11.9. The highest BCUT2D eigenvalue weighted by atomic mass is 32.2. The van der Waals surface area contributed by atoms with Gasteiger partial charge in [-0.05, 0) is 45.2 Å². The van der Waals surface area contributed by atoms with Gasteiger partial charge in [-0.25, -0.2) is 13.1 Å². The smallest absolute Gasteiger partial charge is 0.215 e. The Labute approximate surface area is 110 Å². The third-order valence-corrected chi connectivity index (χ3v) is 5.11. The monoisotopic (exact) mass is 282 g/mol. The first-order chi connectivity index (χ1) is 7.94. The molecule has 4 nitrogen and oxygen atoms in total. The van der Waals surface area contributed by atoms with Crippen molar-refractivity contribution in [3.63, 3.8) is 0 Å². The fourth-order valence-electron chi connectivity index (χ4n) is 1.34. The van der Waals surface area contributed by atoms with Crippen LogP contribution in [0.3, 0.4) is 0 Å². The Kier molecular flexibility index (Phi) is 9.31. The number of hydrogen-bond acceptors (Lipinski definition) is 4. The lowest BCUT2D eigenvalue weighted by Gasteiger charge is -2.18. The van der Waals surface area contributed by atoms with Crippen LogP contribution in [0.2, 0.25) is 0 Å². The quantitative estimate of drug-likeness (QED) is 0.595. The molecule has 0 aliphatic rings. The summed E-state index contributed by atoms with van der Waals surface area (Å²) in [6, 6.07) is 0.0149. The molecule has 0 heterocycles. The molecule has 0 aromatic carbocycles. The van der Waals surface area contributed by atoms with Gasteiger partial charge in [0, 0.05) is 12.6 Å². The second kappa shape index (κ2) is 9.19. The first kappa shape index (κ1) is 17.2. The summed E-state index contributed by atoms with van der Waals surface area (Å²) in [7, 11) is -3.19. The molecule has 0 aromatic heterocycles. The zero-order chi connectivity index (χ0) is 13.3. The van der Waals surface area contributed by atoms with Gasteiger partial charge < -0.3 is 5.32 Å². The van der Waals surface area contributed by atoms with E-state index in [2.05, 4.69) is 17.0 Å². The largest absolute Gasteiger partial charge is 0.315 e. The molecule has 0 fully saturated rings. The predicted molar refractivity (Wildman–Crippen MR) is 77.1 cm³/mol. The molecule has 0 aromatic rings. The molecule has 0 bridgehead atoms. The van der Waals surface area contributed by atoms with Crippen molar-refractivity contribution in [3.05, 3.63) is 0 Å². The standard InChI is InChI=1S/C11H26N2O2S2/c1-5-7-12-9-11(3)17(14,15)13-10(2)6-8-16-4/h10-13H,5-9H2,1-4H3.